The molecule has 0 spiro atoms. The van der Waals surface area contributed by atoms with Gasteiger partial charge in [0.25, 0.3) is 0 Å². The fraction of sp³-hybridized carbons (Fsp3) is 1.00. The molecule has 3 nitrogen and oxygen atoms in total. The first kappa shape index (κ1) is 18.9. The minimum absolute atomic E-state index is 0.448. The molecule has 0 bridgehead atoms. The number of piperazine rings is 1. The van der Waals surface area contributed by atoms with E-state index in [4.69, 9.17) is 0 Å². The summed E-state index contributed by atoms with van der Waals surface area (Å²) in [6.45, 7) is 18.9. The fourth-order valence-electron chi connectivity index (χ4n) is 3.47. The zero-order chi connectivity index (χ0) is 15.9. The maximum Gasteiger partial charge on any atom is 0.0218 e. The summed E-state index contributed by atoms with van der Waals surface area (Å²) < 4.78 is 0. The molecule has 126 valence electrons. The van der Waals surface area contributed by atoms with Crippen molar-refractivity contribution >= 4 is 0 Å². The number of nitrogens with one attached hydrogen (secondary N) is 1. The monoisotopic (exact) mass is 297 g/mol. The highest BCUT2D eigenvalue weighted by molar-refractivity contribution is 4.87. The van der Waals surface area contributed by atoms with Crippen molar-refractivity contribution in [2.75, 3.05) is 46.3 Å². The molecule has 0 aromatic carbocycles. The summed E-state index contributed by atoms with van der Waals surface area (Å²) >= 11 is 0. The van der Waals surface area contributed by atoms with Crippen molar-refractivity contribution in [3.05, 3.63) is 0 Å². The molecule has 0 amide bonds. The van der Waals surface area contributed by atoms with Gasteiger partial charge in [-0.15, -0.1) is 0 Å². The van der Waals surface area contributed by atoms with E-state index in [-0.39, 0.29) is 0 Å². The van der Waals surface area contributed by atoms with Crippen LogP contribution in [-0.4, -0.2) is 62.2 Å². The molecule has 21 heavy (non-hydrogen) atoms. The van der Waals surface area contributed by atoms with E-state index in [9.17, 15) is 0 Å². The number of hydrogen-bond acceptors (Lipinski definition) is 3. The number of nitrogens with zero attached hydrogens (tertiary/aromatic N) is 2. The average molecular weight is 298 g/mol. The maximum atomic E-state index is 3.71. The largest absolute Gasteiger partial charge is 0.316 e. The van der Waals surface area contributed by atoms with Crippen LogP contribution in [-0.2, 0) is 0 Å². The fourth-order valence-corrected chi connectivity index (χ4v) is 3.47. The van der Waals surface area contributed by atoms with Gasteiger partial charge >= 0.3 is 0 Å². The molecule has 0 aromatic heterocycles. The summed E-state index contributed by atoms with van der Waals surface area (Å²) in [7, 11) is 2.28. The van der Waals surface area contributed by atoms with Gasteiger partial charge in [0, 0.05) is 38.8 Å². The van der Waals surface area contributed by atoms with Crippen LogP contribution in [0.1, 0.15) is 53.9 Å². The first-order valence-electron chi connectivity index (χ1n) is 9.09. The molecule has 1 saturated heterocycles. The third-order valence-corrected chi connectivity index (χ3v) is 5.44. The second-order valence-electron chi connectivity index (χ2n) is 7.51. The Bertz CT molecular complexity index is 274. The molecule has 1 rings (SSSR count). The third-order valence-electron chi connectivity index (χ3n) is 5.44. The van der Waals surface area contributed by atoms with E-state index >= 15 is 0 Å². The summed E-state index contributed by atoms with van der Waals surface area (Å²) in [5.74, 6) is 0.740. The van der Waals surface area contributed by atoms with Gasteiger partial charge in [-0.3, -0.25) is 4.90 Å². The molecule has 1 atom stereocenters. The molecule has 1 N–H and O–H groups in total. The van der Waals surface area contributed by atoms with E-state index in [0.717, 1.165) is 18.5 Å². The highest BCUT2D eigenvalue weighted by Gasteiger charge is 2.31. The van der Waals surface area contributed by atoms with Crippen molar-refractivity contribution in [3.8, 4) is 0 Å². The second-order valence-corrected chi connectivity index (χ2v) is 7.51. The molecular weight excluding hydrogens is 258 g/mol. The van der Waals surface area contributed by atoms with Crippen LogP contribution in [0.3, 0.4) is 0 Å². The van der Waals surface area contributed by atoms with Crippen LogP contribution in [0.15, 0.2) is 0 Å². The number of likely N-dealkylation sites (N-methyl/N-ethyl adjacent to an activating group) is 1. The summed E-state index contributed by atoms with van der Waals surface area (Å²) in [4.78, 5) is 5.26. The van der Waals surface area contributed by atoms with Crippen molar-refractivity contribution in [1.29, 1.82) is 0 Å². The molecule has 0 aromatic rings. The normalized spacial score (nSPS) is 22.1. The van der Waals surface area contributed by atoms with Crippen LogP contribution in [0.25, 0.3) is 0 Å². The Morgan fingerprint density at radius 2 is 1.81 bits per heavy atom. The van der Waals surface area contributed by atoms with E-state index in [2.05, 4.69) is 56.8 Å². The summed E-state index contributed by atoms with van der Waals surface area (Å²) in [5.41, 5.74) is 0.448. The summed E-state index contributed by atoms with van der Waals surface area (Å²) in [6.07, 6.45) is 3.82. The molecule has 0 aliphatic carbocycles. The van der Waals surface area contributed by atoms with Crippen LogP contribution in [0, 0.1) is 11.3 Å². The van der Waals surface area contributed by atoms with Crippen LogP contribution in [0.4, 0.5) is 0 Å². The van der Waals surface area contributed by atoms with E-state index in [1.165, 1.54) is 52.0 Å². The minimum atomic E-state index is 0.448. The molecule has 0 radical (unpaired) electrons. The number of rotatable bonds is 9. The number of hydrogen-bond donors (Lipinski definition) is 1. The first-order valence-corrected chi connectivity index (χ1v) is 9.09. The van der Waals surface area contributed by atoms with Crippen molar-refractivity contribution in [2.45, 2.75) is 59.9 Å². The zero-order valence-electron chi connectivity index (χ0n) is 15.4. The SMILES string of the molecule is CCC1CN(CC(CC)(CC)CNCC(C)C)CCN1C. The van der Waals surface area contributed by atoms with Crippen LogP contribution >= 0.6 is 0 Å². The van der Waals surface area contributed by atoms with Gasteiger partial charge in [-0.25, -0.2) is 0 Å². The van der Waals surface area contributed by atoms with Crippen molar-refractivity contribution in [1.82, 2.24) is 15.1 Å². The molecule has 1 aliphatic rings. The van der Waals surface area contributed by atoms with Gasteiger partial charge in [0.15, 0.2) is 0 Å². The second kappa shape index (κ2) is 9.12. The molecular formula is C18H39N3. The highest BCUT2D eigenvalue weighted by atomic mass is 15.3. The minimum Gasteiger partial charge on any atom is -0.316 e. The van der Waals surface area contributed by atoms with Crippen molar-refractivity contribution in [2.24, 2.45) is 11.3 Å². The zero-order valence-corrected chi connectivity index (χ0v) is 15.4. The van der Waals surface area contributed by atoms with Gasteiger partial charge in [0.1, 0.15) is 0 Å². The van der Waals surface area contributed by atoms with Gasteiger partial charge < -0.3 is 10.2 Å². The third kappa shape index (κ3) is 5.88. The van der Waals surface area contributed by atoms with Gasteiger partial charge in [-0.2, -0.15) is 0 Å². The Morgan fingerprint density at radius 1 is 1.14 bits per heavy atom. The molecule has 1 heterocycles. The van der Waals surface area contributed by atoms with E-state index in [0.29, 0.717) is 5.41 Å². The van der Waals surface area contributed by atoms with Gasteiger partial charge in [-0.1, -0.05) is 34.6 Å². The lowest BCUT2D eigenvalue weighted by Gasteiger charge is -2.44. The Hall–Kier alpha value is -0.120. The highest BCUT2D eigenvalue weighted by Crippen LogP contribution is 2.28. The Balaban J connectivity index is 2.56. The van der Waals surface area contributed by atoms with Crippen molar-refractivity contribution in [3.63, 3.8) is 0 Å². The Kier molecular flexibility index (Phi) is 8.22. The topological polar surface area (TPSA) is 18.5 Å². The summed E-state index contributed by atoms with van der Waals surface area (Å²) in [5, 5.41) is 3.71. The standard InChI is InChI=1S/C18H39N3/c1-7-17-13-21(11-10-20(17)6)15-18(8-2,9-3)14-19-12-16(4)5/h16-17,19H,7-15H2,1-6H3. The molecule has 3 heteroatoms. The molecule has 1 fully saturated rings. The predicted molar refractivity (Wildman–Crippen MR) is 93.9 cm³/mol. The van der Waals surface area contributed by atoms with Crippen LogP contribution in [0.2, 0.25) is 0 Å². The molecule has 1 unspecified atom stereocenters. The Labute approximate surface area is 133 Å². The lowest BCUT2D eigenvalue weighted by molar-refractivity contribution is 0.0521. The van der Waals surface area contributed by atoms with Crippen LogP contribution in [0.5, 0.6) is 0 Å². The lowest BCUT2D eigenvalue weighted by atomic mass is 9.81. The van der Waals surface area contributed by atoms with E-state index < -0.39 is 0 Å². The van der Waals surface area contributed by atoms with E-state index in [1.54, 1.807) is 0 Å². The lowest BCUT2D eigenvalue weighted by Crippen LogP contribution is -2.54. The quantitative estimate of drug-likeness (QED) is 0.705. The first-order chi connectivity index (χ1) is 9.96. The van der Waals surface area contributed by atoms with E-state index in [1.807, 2.05) is 0 Å². The van der Waals surface area contributed by atoms with Gasteiger partial charge in [-0.05, 0) is 44.2 Å². The summed E-state index contributed by atoms with van der Waals surface area (Å²) in [6, 6.07) is 0.744. The molecule has 1 aliphatic heterocycles. The average Bonchev–Trinajstić information content (AvgIpc) is 2.47. The maximum absolute atomic E-state index is 3.71. The smallest absolute Gasteiger partial charge is 0.0218 e. The van der Waals surface area contributed by atoms with Crippen molar-refractivity contribution < 1.29 is 0 Å². The van der Waals surface area contributed by atoms with Crippen LogP contribution < -0.4 is 5.32 Å². The Morgan fingerprint density at radius 3 is 2.33 bits per heavy atom. The van der Waals surface area contributed by atoms with Gasteiger partial charge in [0.2, 0.25) is 0 Å². The van der Waals surface area contributed by atoms with Gasteiger partial charge in [0.05, 0.1) is 0 Å². The molecule has 0 saturated carbocycles. The predicted octanol–water partition coefficient (Wildman–Crippen LogP) is 3.06.